The van der Waals surface area contributed by atoms with Gasteiger partial charge in [0.1, 0.15) is 0 Å². The van der Waals surface area contributed by atoms with Crippen LogP contribution in [0.1, 0.15) is 12.8 Å². The Labute approximate surface area is 159 Å². The molecular weight excluding hydrogens is 340 g/mol. The Morgan fingerprint density at radius 2 is 1.81 bits per heavy atom. The molecule has 2 unspecified atom stereocenters. The van der Waals surface area contributed by atoms with Gasteiger partial charge in [-0.3, -0.25) is 0 Å². The van der Waals surface area contributed by atoms with E-state index in [1.54, 1.807) is 0 Å². The fourth-order valence-corrected chi connectivity index (χ4v) is 3.98. The van der Waals surface area contributed by atoms with Crippen molar-refractivity contribution in [3.8, 4) is 0 Å². The number of nitrogens with two attached hydrogens (primary N) is 1. The molecule has 2 aromatic carbocycles. The van der Waals surface area contributed by atoms with Crippen LogP contribution in [0.5, 0.6) is 0 Å². The number of rotatable bonds is 4. The van der Waals surface area contributed by atoms with Gasteiger partial charge in [-0.25, -0.2) is 0 Å². The average molecular weight is 366 g/mol. The van der Waals surface area contributed by atoms with Crippen LogP contribution in [0, 0.1) is 0 Å². The van der Waals surface area contributed by atoms with Crippen LogP contribution >= 0.6 is 0 Å². The van der Waals surface area contributed by atoms with E-state index in [9.17, 15) is 5.11 Å². The van der Waals surface area contributed by atoms with Crippen molar-refractivity contribution in [3.05, 3.63) is 42.5 Å². The highest BCUT2D eigenvalue weighted by molar-refractivity contribution is 5.79. The molecule has 1 fully saturated rings. The highest BCUT2D eigenvalue weighted by Gasteiger charge is 2.31. The molecule has 0 amide bonds. The molecule has 142 valence electrons. The molecule has 7 nitrogen and oxygen atoms in total. The quantitative estimate of drug-likeness (QED) is 0.642. The molecule has 3 N–H and O–H groups in total. The molecule has 0 aliphatic carbocycles. The van der Waals surface area contributed by atoms with E-state index >= 15 is 0 Å². The number of aliphatic hydroxyl groups is 1. The summed E-state index contributed by atoms with van der Waals surface area (Å²) in [5.41, 5.74) is 10.7. The van der Waals surface area contributed by atoms with Crippen LogP contribution in [0.3, 0.4) is 0 Å². The minimum Gasteiger partial charge on any atom is -0.399 e. The Hall–Kier alpha value is -2.80. The van der Waals surface area contributed by atoms with E-state index in [-0.39, 0.29) is 18.9 Å². The van der Waals surface area contributed by atoms with Crippen molar-refractivity contribution in [1.29, 1.82) is 0 Å². The van der Waals surface area contributed by atoms with Gasteiger partial charge in [0.25, 0.3) is 0 Å². The Morgan fingerprint density at radius 3 is 2.56 bits per heavy atom. The third-order valence-electron chi connectivity index (χ3n) is 5.50. The molecule has 0 spiro atoms. The number of azo groups is 1. The monoisotopic (exact) mass is 366 g/mol. The number of fused-ring (bicyclic) bond motifs is 1. The van der Waals surface area contributed by atoms with E-state index in [1.165, 1.54) is 0 Å². The van der Waals surface area contributed by atoms with Crippen molar-refractivity contribution >= 4 is 28.4 Å². The number of nitrogens with zero attached hydrogens (tertiary/aromatic N) is 5. The Bertz CT molecular complexity index is 837. The minimum atomic E-state index is -0.196. The summed E-state index contributed by atoms with van der Waals surface area (Å²) < 4.78 is 0. The second kappa shape index (κ2) is 7.08. The maximum absolute atomic E-state index is 9.51. The number of anilines is 4. The molecule has 2 aromatic rings. The van der Waals surface area contributed by atoms with Crippen LogP contribution in [-0.2, 0) is 0 Å². The molecule has 4 rings (SSSR count). The zero-order valence-electron chi connectivity index (χ0n) is 15.8. The van der Waals surface area contributed by atoms with Gasteiger partial charge in [-0.15, -0.1) is 5.11 Å². The van der Waals surface area contributed by atoms with Crippen molar-refractivity contribution in [1.82, 2.24) is 0 Å². The second-order valence-electron chi connectivity index (χ2n) is 7.22. The summed E-state index contributed by atoms with van der Waals surface area (Å²) in [7, 11) is 4.00. The lowest BCUT2D eigenvalue weighted by Gasteiger charge is -2.25. The normalized spacial score (nSPS) is 22.1. The summed E-state index contributed by atoms with van der Waals surface area (Å²) in [6.45, 7) is 1.19. The maximum atomic E-state index is 9.51. The first-order valence-electron chi connectivity index (χ1n) is 9.32. The molecule has 2 aliphatic heterocycles. The van der Waals surface area contributed by atoms with Crippen LogP contribution in [0.25, 0.3) is 0 Å². The molecule has 0 radical (unpaired) electrons. The fraction of sp³-hybridized carbons (Fsp3) is 0.400. The highest BCUT2D eigenvalue weighted by Crippen LogP contribution is 2.39. The molecule has 0 saturated carbocycles. The first-order valence-corrected chi connectivity index (χ1v) is 9.32. The van der Waals surface area contributed by atoms with Crippen molar-refractivity contribution in [2.45, 2.75) is 25.2 Å². The number of benzene rings is 2. The van der Waals surface area contributed by atoms with Crippen LogP contribution in [0.4, 0.5) is 28.4 Å². The smallest absolute Gasteiger partial charge is 0.218 e. The number of aliphatic hydroxyl groups excluding tert-OH is 1. The van der Waals surface area contributed by atoms with Gasteiger partial charge in [-0.1, -0.05) is 0 Å². The second-order valence-corrected chi connectivity index (χ2v) is 7.22. The predicted octanol–water partition coefficient (Wildman–Crippen LogP) is 3.18. The lowest BCUT2D eigenvalue weighted by molar-refractivity contribution is 0.266. The molecule has 7 heteroatoms. The lowest BCUT2D eigenvalue weighted by Crippen LogP contribution is -2.36. The van der Waals surface area contributed by atoms with E-state index in [0.717, 1.165) is 47.8 Å². The molecule has 27 heavy (non-hydrogen) atoms. The molecule has 0 bridgehead atoms. The summed E-state index contributed by atoms with van der Waals surface area (Å²) in [4.78, 5) is 6.42. The summed E-state index contributed by atoms with van der Waals surface area (Å²) in [6.07, 6.45) is 1.97. The van der Waals surface area contributed by atoms with Crippen molar-refractivity contribution in [2.75, 3.05) is 47.7 Å². The summed E-state index contributed by atoms with van der Waals surface area (Å²) >= 11 is 0. The third kappa shape index (κ3) is 3.19. The van der Waals surface area contributed by atoms with Crippen molar-refractivity contribution in [2.24, 2.45) is 10.2 Å². The standard InChI is InChI=1S/C20H26N6O/c1-24-18-10-5-14(21)12-19(18)25(2)20(24)23-22-15-6-8-16(9-7-15)26-11-3-4-17(26)13-27/h5-10,12,17,20,27H,3-4,11,13,21H2,1-2H3. The number of hydrogen-bond donors (Lipinski definition) is 2. The predicted molar refractivity (Wildman–Crippen MR) is 110 cm³/mol. The molecule has 2 atom stereocenters. The Morgan fingerprint density at radius 1 is 1.07 bits per heavy atom. The van der Waals surface area contributed by atoms with E-state index in [2.05, 4.69) is 37.1 Å². The molecule has 1 saturated heterocycles. The van der Waals surface area contributed by atoms with Gasteiger partial charge in [0.2, 0.25) is 6.29 Å². The van der Waals surface area contributed by atoms with Gasteiger partial charge in [-0.05, 0) is 55.3 Å². The number of nitrogen functional groups attached to an aromatic ring is 1. The zero-order chi connectivity index (χ0) is 19.0. The third-order valence-corrected chi connectivity index (χ3v) is 5.50. The summed E-state index contributed by atoms with van der Waals surface area (Å²) in [5, 5.41) is 18.5. The van der Waals surface area contributed by atoms with Gasteiger partial charge in [0.05, 0.1) is 29.7 Å². The highest BCUT2D eigenvalue weighted by atomic mass is 16.3. The van der Waals surface area contributed by atoms with Gasteiger partial charge in [0, 0.05) is 32.0 Å². The molecular formula is C20H26N6O. The lowest BCUT2D eigenvalue weighted by atomic mass is 10.2. The zero-order valence-corrected chi connectivity index (χ0v) is 15.8. The van der Waals surface area contributed by atoms with Gasteiger partial charge in [-0.2, -0.15) is 5.11 Å². The van der Waals surface area contributed by atoms with Gasteiger partial charge < -0.3 is 25.5 Å². The van der Waals surface area contributed by atoms with E-state index in [1.807, 2.05) is 44.4 Å². The summed E-state index contributed by atoms with van der Waals surface area (Å²) in [5.74, 6) is 0. The minimum absolute atomic E-state index is 0.196. The van der Waals surface area contributed by atoms with E-state index in [4.69, 9.17) is 5.73 Å². The Kier molecular flexibility index (Phi) is 4.61. The van der Waals surface area contributed by atoms with Crippen LogP contribution in [0.15, 0.2) is 52.7 Å². The maximum Gasteiger partial charge on any atom is 0.218 e. The van der Waals surface area contributed by atoms with Crippen molar-refractivity contribution < 1.29 is 5.11 Å². The van der Waals surface area contributed by atoms with E-state index in [0.29, 0.717) is 0 Å². The van der Waals surface area contributed by atoms with Crippen LogP contribution in [-0.4, -0.2) is 44.7 Å². The summed E-state index contributed by atoms with van der Waals surface area (Å²) in [6, 6.07) is 14.2. The first-order chi connectivity index (χ1) is 13.1. The molecule has 0 aromatic heterocycles. The molecule has 2 aliphatic rings. The Balaban J connectivity index is 1.49. The van der Waals surface area contributed by atoms with E-state index < -0.39 is 0 Å². The largest absolute Gasteiger partial charge is 0.399 e. The van der Waals surface area contributed by atoms with Gasteiger partial charge >= 0.3 is 0 Å². The van der Waals surface area contributed by atoms with Crippen LogP contribution < -0.4 is 20.4 Å². The SMILES string of the molecule is CN1c2ccc(N)cc2N(C)C1N=Nc1ccc(N2CCCC2CO)cc1. The van der Waals surface area contributed by atoms with Gasteiger partial charge in [0.15, 0.2) is 0 Å². The number of hydrogen-bond acceptors (Lipinski definition) is 7. The molecule has 2 heterocycles. The van der Waals surface area contributed by atoms with Crippen LogP contribution in [0.2, 0.25) is 0 Å². The fourth-order valence-electron chi connectivity index (χ4n) is 3.98. The van der Waals surface area contributed by atoms with Crippen molar-refractivity contribution in [3.63, 3.8) is 0 Å². The topological polar surface area (TPSA) is 80.7 Å². The average Bonchev–Trinajstić information content (AvgIpc) is 3.24. The first kappa shape index (κ1) is 17.6.